The van der Waals surface area contributed by atoms with Gasteiger partial charge >= 0.3 is 0 Å². The van der Waals surface area contributed by atoms with Gasteiger partial charge in [-0.1, -0.05) is 164 Å². The minimum absolute atomic E-state index is 0.628. The molecule has 56 heavy (non-hydrogen) atoms. The van der Waals surface area contributed by atoms with Gasteiger partial charge in [0.15, 0.2) is 17.5 Å². The third-order valence-electron chi connectivity index (χ3n) is 11.1. The van der Waals surface area contributed by atoms with Crippen molar-refractivity contribution in [3.63, 3.8) is 0 Å². The van der Waals surface area contributed by atoms with Gasteiger partial charge in [0.1, 0.15) is 0 Å². The van der Waals surface area contributed by atoms with E-state index in [1.54, 1.807) is 0 Å². The first-order valence-corrected chi connectivity index (χ1v) is 18.7. The number of aromatic nitrogens is 3. The van der Waals surface area contributed by atoms with E-state index in [0.29, 0.717) is 23.0 Å². The molecule has 0 atom stereocenters. The summed E-state index contributed by atoms with van der Waals surface area (Å²) in [6, 6.07) is 65.9. The Hall–Kier alpha value is -7.74. The molecule has 0 saturated carbocycles. The van der Waals surface area contributed by atoms with Gasteiger partial charge in [0.05, 0.1) is 11.6 Å². The lowest BCUT2D eigenvalue weighted by atomic mass is 9.86. The second-order valence-electron chi connectivity index (χ2n) is 14.3. The summed E-state index contributed by atoms with van der Waals surface area (Å²) in [6.45, 7) is 0. The molecule has 0 fully saturated rings. The maximum Gasteiger partial charge on any atom is 0.164 e. The Kier molecular flexibility index (Phi) is 7.20. The predicted octanol–water partition coefficient (Wildman–Crippen LogP) is 13.2. The quantitative estimate of drug-likeness (QED) is 0.178. The van der Waals surface area contributed by atoms with Crippen LogP contribution in [0.4, 0.5) is 0 Å². The number of hydrogen-bond acceptors (Lipinski definition) is 4. The second kappa shape index (κ2) is 12.7. The molecule has 4 heteroatoms. The molecule has 9 aromatic carbocycles. The van der Waals surface area contributed by atoms with Crippen molar-refractivity contribution >= 4 is 32.3 Å². The van der Waals surface area contributed by atoms with Crippen LogP contribution in [0.25, 0.3) is 111 Å². The molecule has 1 heterocycles. The smallest absolute Gasteiger partial charge is 0.164 e. The molecule has 1 aromatic heterocycles. The summed E-state index contributed by atoms with van der Waals surface area (Å²) in [5.41, 5.74) is 13.0. The zero-order valence-corrected chi connectivity index (χ0v) is 30.1. The van der Waals surface area contributed by atoms with E-state index < -0.39 is 0 Å². The fourth-order valence-electron chi connectivity index (χ4n) is 8.48. The fraction of sp³-hybridized carbons (Fsp3) is 0. The molecular formula is C52H30N4. The highest BCUT2D eigenvalue weighted by Gasteiger charge is 2.25. The van der Waals surface area contributed by atoms with Crippen molar-refractivity contribution in [3.05, 3.63) is 188 Å². The summed E-state index contributed by atoms with van der Waals surface area (Å²) in [5.74, 6) is 1.91. The van der Waals surface area contributed by atoms with Gasteiger partial charge in [-0.05, 0) is 89.6 Å². The van der Waals surface area contributed by atoms with Gasteiger partial charge in [0, 0.05) is 22.1 Å². The SMILES string of the molecule is N#Cc1ccc(-c2ccc3c4c(ccc(-c5ccc6ccc(-c7nc(-c8ccccc8)nc(-c8ccccc8)n7)cc6c5)c24)-c2ccccc2-3)c2ccccc12. The number of nitriles is 1. The Morgan fingerprint density at radius 3 is 1.41 bits per heavy atom. The number of fused-ring (bicyclic) bond motifs is 5. The predicted molar refractivity (Wildman–Crippen MR) is 229 cm³/mol. The standard InChI is InChI=1S/C52H30N4/c53-31-37-23-24-44(41-16-8-7-15-39(37)41)47-28-27-46-43-18-10-9-17-42(43)45-26-25-40(48(47)49(45)46)35-21-19-32-20-22-36(30-38(32)29-35)52-55-50(33-11-3-1-4-12-33)54-51(56-52)34-13-5-2-6-14-34/h1-30H. The van der Waals surface area contributed by atoms with Gasteiger partial charge in [-0.15, -0.1) is 0 Å². The summed E-state index contributed by atoms with van der Waals surface area (Å²) in [5, 5.41) is 16.7. The lowest BCUT2D eigenvalue weighted by Crippen LogP contribution is -2.00. The van der Waals surface area contributed by atoms with E-state index >= 15 is 0 Å². The first kappa shape index (κ1) is 31.8. The molecule has 0 spiro atoms. The van der Waals surface area contributed by atoms with Gasteiger partial charge in [0.2, 0.25) is 0 Å². The van der Waals surface area contributed by atoms with E-state index in [2.05, 4.69) is 109 Å². The van der Waals surface area contributed by atoms with Gasteiger partial charge in [0.25, 0.3) is 0 Å². The molecule has 0 bridgehead atoms. The third-order valence-corrected chi connectivity index (χ3v) is 11.1. The zero-order chi connectivity index (χ0) is 37.2. The lowest BCUT2D eigenvalue weighted by molar-refractivity contribution is 1.07. The summed E-state index contributed by atoms with van der Waals surface area (Å²) in [7, 11) is 0. The fourth-order valence-corrected chi connectivity index (χ4v) is 8.48. The molecule has 1 aliphatic carbocycles. The highest BCUT2D eigenvalue weighted by molar-refractivity contribution is 6.24. The van der Waals surface area contributed by atoms with E-state index in [-0.39, 0.29) is 0 Å². The van der Waals surface area contributed by atoms with Crippen molar-refractivity contribution in [3.8, 4) is 84.7 Å². The van der Waals surface area contributed by atoms with Crippen LogP contribution < -0.4 is 0 Å². The van der Waals surface area contributed by atoms with Gasteiger partial charge in [-0.25, -0.2) is 15.0 Å². The highest BCUT2D eigenvalue weighted by atomic mass is 15.0. The molecule has 0 aliphatic heterocycles. The Labute approximate surface area is 323 Å². The summed E-state index contributed by atoms with van der Waals surface area (Å²) in [4.78, 5) is 14.9. The van der Waals surface area contributed by atoms with Crippen LogP contribution in [0.3, 0.4) is 0 Å². The molecule has 1 aliphatic rings. The number of benzene rings is 9. The Morgan fingerprint density at radius 2 is 0.786 bits per heavy atom. The zero-order valence-electron chi connectivity index (χ0n) is 30.1. The van der Waals surface area contributed by atoms with Crippen LogP contribution >= 0.6 is 0 Å². The minimum Gasteiger partial charge on any atom is -0.208 e. The molecule has 0 unspecified atom stereocenters. The van der Waals surface area contributed by atoms with Crippen LogP contribution in [0.1, 0.15) is 5.56 Å². The van der Waals surface area contributed by atoms with Crippen molar-refractivity contribution in [1.82, 2.24) is 15.0 Å². The highest BCUT2D eigenvalue weighted by Crippen LogP contribution is 2.52. The van der Waals surface area contributed by atoms with Crippen LogP contribution in [0.2, 0.25) is 0 Å². The van der Waals surface area contributed by atoms with Gasteiger partial charge in [-0.3, -0.25) is 0 Å². The topological polar surface area (TPSA) is 62.5 Å². The summed E-state index contributed by atoms with van der Waals surface area (Å²) < 4.78 is 0. The first-order valence-electron chi connectivity index (χ1n) is 18.7. The van der Waals surface area contributed by atoms with Crippen LogP contribution in [-0.2, 0) is 0 Å². The largest absolute Gasteiger partial charge is 0.208 e. The van der Waals surface area contributed by atoms with Crippen LogP contribution in [0.5, 0.6) is 0 Å². The van der Waals surface area contributed by atoms with Gasteiger partial charge < -0.3 is 0 Å². The van der Waals surface area contributed by atoms with Crippen molar-refractivity contribution < 1.29 is 0 Å². The van der Waals surface area contributed by atoms with E-state index in [1.165, 1.54) is 33.0 Å². The Morgan fingerprint density at radius 1 is 0.321 bits per heavy atom. The molecule has 4 nitrogen and oxygen atoms in total. The first-order chi connectivity index (χ1) is 27.7. The van der Waals surface area contributed by atoms with Gasteiger partial charge in [-0.2, -0.15) is 5.26 Å². The normalized spacial score (nSPS) is 11.6. The molecule has 0 amide bonds. The van der Waals surface area contributed by atoms with Crippen LogP contribution in [-0.4, -0.2) is 15.0 Å². The molecular weight excluding hydrogens is 681 g/mol. The van der Waals surface area contributed by atoms with E-state index in [9.17, 15) is 5.26 Å². The average Bonchev–Trinajstić information content (AvgIpc) is 3.60. The molecule has 0 radical (unpaired) electrons. The van der Waals surface area contributed by atoms with Crippen LogP contribution in [0.15, 0.2) is 182 Å². The number of hydrogen-bond donors (Lipinski definition) is 0. The van der Waals surface area contributed by atoms with Crippen molar-refractivity contribution in [1.29, 1.82) is 5.26 Å². The Balaban J connectivity index is 1.12. The lowest BCUT2D eigenvalue weighted by Gasteiger charge is -2.17. The van der Waals surface area contributed by atoms with E-state index in [4.69, 9.17) is 15.0 Å². The summed E-state index contributed by atoms with van der Waals surface area (Å²) >= 11 is 0. The summed E-state index contributed by atoms with van der Waals surface area (Å²) in [6.07, 6.45) is 0. The maximum absolute atomic E-state index is 9.99. The monoisotopic (exact) mass is 710 g/mol. The Bertz CT molecular complexity index is 3170. The molecule has 11 rings (SSSR count). The molecule has 0 N–H and O–H groups in total. The van der Waals surface area contributed by atoms with E-state index in [0.717, 1.165) is 60.5 Å². The third kappa shape index (κ3) is 5.03. The average molecular weight is 711 g/mol. The minimum atomic E-state index is 0.628. The molecule has 258 valence electrons. The van der Waals surface area contributed by atoms with Crippen LogP contribution in [0, 0.1) is 11.3 Å². The second-order valence-corrected chi connectivity index (χ2v) is 14.3. The number of rotatable bonds is 5. The van der Waals surface area contributed by atoms with Crippen molar-refractivity contribution in [2.45, 2.75) is 0 Å². The van der Waals surface area contributed by atoms with Crippen molar-refractivity contribution in [2.75, 3.05) is 0 Å². The van der Waals surface area contributed by atoms with Crippen molar-refractivity contribution in [2.24, 2.45) is 0 Å². The number of nitrogens with zero attached hydrogens (tertiary/aromatic N) is 4. The van der Waals surface area contributed by atoms with E-state index in [1.807, 2.05) is 78.9 Å². The maximum atomic E-state index is 9.99. The molecule has 10 aromatic rings. The molecule has 0 saturated heterocycles.